The number of aliphatic imine (C=N–C) groups is 1. The number of anilines is 1. The number of nitrogens with zero attached hydrogens (tertiary/aromatic N) is 4. The van der Waals surface area contributed by atoms with Gasteiger partial charge in [0.2, 0.25) is 5.96 Å². The minimum absolute atomic E-state index is 0.0917. The highest BCUT2D eigenvalue weighted by atomic mass is 16.6. The van der Waals surface area contributed by atoms with Gasteiger partial charge in [-0.05, 0) is 41.5 Å². The molecule has 1 aromatic heterocycles. The molecule has 0 atom stereocenters. The van der Waals surface area contributed by atoms with E-state index in [1.54, 1.807) is 43.3 Å². The zero-order valence-corrected chi connectivity index (χ0v) is 17.2. The minimum atomic E-state index is -0.445. The lowest BCUT2D eigenvalue weighted by Crippen LogP contribution is -2.36. The van der Waals surface area contributed by atoms with E-state index in [4.69, 9.17) is 15.1 Å². The van der Waals surface area contributed by atoms with Gasteiger partial charge in [0.25, 0.3) is 5.91 Å². The van der Waals surface area contributed by atoms with Crippen molar-refractivity contribution in [3.63, 3.8) is 0 Å². The van der Waals surface area contributed by atoms with Crippen molar-refractivity contribution in [3.8, 4) is 0 Å². The first-order valence-electron chi connectivity index (χ1n) is 9.36. The van der Waals surface area contributed by atoms with Crippen molar-refractivity contribution in [3.05, 3.63) is 60.2 Å². The number of esters is 1. The van der Waals surface area contributed by atoms with Crippen molar-refractivity contribution in [2.75, 3.05) is 25.1 Å². The van der Waals surface area contributed by atoms with Crippen LogP contribution in [-0.2, 0) is 9.53 Å². The van der Waals surface area contributed by atoms with E-state index in [1.165, 1.54) is 0 Å². The van der Waals surface area contributed by atoms with Crippen molar-refractivity contribution in [1.82, 2.24) is 15.6 Å². The quantitative estimate of drug-likeness (QED) is 0.256. The molecule has 10 nitrogen and oxygen atoms in total. The molecule has 31 heavy (non-hydrogen) atoms. The average molecular weight is 422 g/mol. The van der Waals surface area contributed by atoms with Gasteiger partial charge in [0.15, 0.2) is 11.0 Å². The van der Waals surface area contributed by atoms with Crippen molar-refractivity contribution in [2.45, 2.75) is 6.92 Å². The van der Waals surface area contributed by atoms with E-state index in [2.05, 4.69) is 27.2 Å². The molecule has 0 saturated heterocycles. The Hall–Kier alpha value is -4.21. The second-order valence-electron chi connectivity index (χ2n) is 6.72. The van der Waals surface area contributed by atoms with Crippen LogP contribution in [0.5, 0.6) is 0 Å². The van der Waals surface area contributed by atoms with Gasteiger partial charge in [0, 0.05) is 18.2 Å². The molecule has 3 N–H and O–H groups in total. The third-order valence-corrected chi connectivity index (χ3v) is 4.31. The van der Waals surface area contributed by atoms with Gasteiger partial charge in [0.05, 0.1) is 17.9 Å². The molecular formula is C21H22N6O4. The van der Waals surface area contributed by atoms with E-state index >= 15 is 0 Å². The molecule has 160 valence electrons. The maximum Gasteiger partial charge on any atom is 0.333 e. The number of likely N-dealkylation sites (N-methyl/N-ethyl adjacent to an activating group) is 1. The number of hydrogen-bond acceptors (Lipinski definition) is 8. The smallest absolute Gasteiger partial charge is 0.333 e. The molecule has 1 amide bonds. The topological polar surface area (TPSA) is 136 Å². The molecule has 0 aliphatic rings. The number of aromatic nitrogens is 2. The molecule has 0 aliphatic heterocycles. The Bertz CT molecular complexity index is 1140. The summed E-state index contributed by atoms with van der Waals surface area (Å²) in [5.74, 6) is -0.914. The first-order valence-corrected chi connectivity index (χ1v) is 9.36. The Morgan fingerprint density at radius 3 is 2.61 bits per heavy atom. The number of nitrogens with one attached hydrogen (secondary N) is 1. The van der Waals surface area contributed by atoms with Crippen molar-refractivity contribution >= 4 is 40.2 Å². The number of hydrogen-bond donors (Lipinski definition) is 2. The van der Waals surface area contributed by atoms with Crippen LogP contribution in [0.15, 0.2) is 64.2 Å². The lowest BCUT2D eigenvalue weighted by atomic mass is 10.2. The number of ether oxygens (including phenoxy) is 1. The summed E-state index contributed by atoms with van der Waals surface area (Å²) in [6.45, 7) is 5.72. The molecule has 10 heteroatoms. The fourth-order valence-corrected chi connectivity index (χ4v) is 2.69. The fraction of sp³-hybridized carbons (Fsp3) is 0.190. The van der Waals surface area contributed by atoms with Gasteiger partial charge in [-0.2, -0.15) is 0 Å². The van der Waals surface area contributed by atoms with Crippen LogP contribution in [0.3, 0.4) is 0 Å². The molecule has 2 aromatic carbocycles. The van der Waals surface area contributed by atoms with Gasteiger partial charge < -0.3 is 15.4 Å². The van der Waals surface area contributed by atoms with E-state index in [9.17, 15) is 9.59 Å². The molecule has 0 radical (unpaired) electrons. The molecule has 3 aromatic rings. The highest BCUT2D eigenvalue weighted by Gasteiger charge is 2.16. The van der Waals surface area contributed by atoms with Crippen molar-refractivity contribution in [2.24, 2.45) is 10.7 Å². The molecule has 0 saturated carbocycles. The summed E-state index contributed by atoms with van der Waals surface area (Å²) < 4.78 is 10.0. The number of rotatable bonds is 7. The number of carbonyl (C=O) groups excluding carboxylic acids is 2. The summed E-state index contributed by atoms with van der Waals surface area (Å²) >= 11 is 0. The number of guanidine groups is 1. The van der Waals surface area contributed by atoms with Crippen LogP contribution >= 0.6 is 0 Å². The van der Waals surface area contributed by atoms with E-state index < -0.39 is 5.97 Å². The number of nitrogens with two attached hydrogens (primary N) is 1. The first kappa shape index (κ1) is 21.5. The molecular weight excluding hydrogens is 400 g/mol. The number of fused-ring (bicyclic) bond motifs is 1. The predicted molar refractivity (Wildman–Crippen MR) is 116 cm³/mol. The van der Waals surface area contributed by atoms with Crippen molar-refractivity contribution < 1.29 is 19.0 Å². The molecule has 0 unspecified atom stereocenters. The second kappa shape index (κ2) is 9.53. The normalized spacial score (nSPS) is 11.2. The Labute approximate surface area is 178 Å². The Kier molecular flexibility index (Phi) is 6.61. The molecule has 1 heterocycles. The van der Waals surface area contributed by atoms with E-state index in [0.717, 1.165) is 0 Å². The molecule has 0 spiro atoms. The summed E-state index contributed by atoms with van der Waals surface area (Å²) in [4.78, 5) is 29.8. The van der Waals surface area contributed by atoms with Crippen LogP contribution in [0.4, 0.5) is 11.4 Å². The van der Waals surface area contributed by atoms with Gasteiger partial charge in [-0.1, -0.05) is 24.8 Å². The Morgan fingerprint density at radius 2 is 1.90 bits per heavy atom. The van der Waals surface area contributed by atoms with E-state index in [1.807, 2.05) is 18.0 Å². The van der Waals surface area contributed by atoms with Gasteiger partial charge in [0.1, 0.15) is 6.61 Å². The highest BCUT2D eigenvalue weighted by Crippen LogP contribution is 2.31. The predicted octanol–water partition coefficient (Wildman–Crippen LogP) is 2.15. The van der Waals surface area contributed by atoms with Crippen LogP contribution in [0, 0.1) is 0 Å². The molecule has 3 rings (SSSR count). The maximum atomic E-state index is 12.2. The van der Waals surface area contributed by atoms with Crippen LogP contribution in [-0.4, -0.2) is 48.3 Å². The zero-order chi connectivity index (χ0) is 22.4. The summed E-state index contributed by atoms with van der Waals surface area (Å²) in [5, 5.41) is 10.4. The summed E-state index contributed by atoms with van der Waals surface area (Å²) in [6, 6.07) is 12.1. The molecule has 0 fully saturated rings. The summed E-state index contributed by atoms with van der Waals surface area (Å²) in [5.41, 5.74) is 8.60. The maximum absolute atomic E-state index is 12.2. The standard InChI is InChI=1S/C21H22N6O4/c1-13(2)20(29)30-12-11-27(3)16-10-9-15(17-18(16)26-31-25-17)23-21(22)24-19(28)14-7-5-4-6-8-14/h4-10H,1,11-12H2,2-3H3,(H3,22,23,24,28). The monoisotopic (exact) mass is 422 g/mol. The van der Waals surface area contributed by atoms with Gasteiger partial charge in [-0.3, -0.25) is 10.1 Å². The number of carbonyl (C=O) groups is 2. The largest absolute Gasteiger partial charge is 0.460 e. The highest BCUT2D eigenvalue weighted by molar-refractivity contribution is 6.06. The van der Waals surface area contributed by atoms with Gasteiger partial charge in [-0.25, -0.2) is 14.4 Å². The van der Waals surface area contributed by atoms with Crippen molar-refractivity contribution in [1.29, 1.82) is 0 Å². The average Bonchev–Trinajstić information content (AvgIpc) is 3.24. The lowest BCUT2D eigenvalue weighted by Gasteiger charge is -2.19. The van der Waals surface area contributed by atoms with E-state index in [-0.39, 0.29) is 18.5 Å². The fourth-order valence-electron chi connectivity index (χ4n) is 2.69. The Morgan fingerprint density at radius 1 is 1.19 bits per heavy atom. The minimum Gasteiger partial charge on any atom is -0.460 e. The molecule has 0 bridgehead atoms. The summed E-state index contributed by atoms with van der Waals surface area (Å²) in [6.07, 6.45) is 0. The van der Waals surface area contributed by atoms with Crippen LogP contribution in [0.25, 0.3) is 11.0 Å². The van der Waals surface area contributed by atoms with Crippen LogP contribution < -0.4 is 16.0 Å². The van der Waals surface area contributed by atoms with E-state index in [0.29, 0.717) is 40.1 Å². The third-order valence-electron chi connectivity index (χ3n) is 4.31. The zero-order valence-electron chi connectivity index (χ0n) is 17.2. The third kappa shape index (κ3) is 5.24. The van der Waals surface area contributed by atoms with Crippen LogP contribution in [0.2, 0.25) is 0 Å². The number of amides is 1. The Balaban J connectivity index is 1.74. The summed E-state index contributed by atoms with van der Waals surface area (Å²) in [7, 11) is 1.81. The van der Waals surface area contributed by atoms with Gasteiger partial charge >= 0.3 is 5.97 Å². The van der Waals surface area contributed by atoms with Gasteiger partial charge in [-0.15, -0.1) is 0 Å². The number of benzene rings is 2. The molecule has 0 aliphatic carbocycles. The SMILES string of the molecule is C=C(C)C(=O)OCCN(C)c1ccc(N=C(N)NC(=O)c2ccccc2)c2nonc12. The second-order valence-corrected chi connectivity index (χ2v) is 6.72. The lowest BCUT2D eigenvalue weighted by molar-refractivity contribution is -0.138. The van der Waals surface area contributed by atoms with Crippen LogP contribution in [0.1, 0.15) is 17.3 Å². The first-order chi connectivity index (χ1) is 14.9.